The molecule has 1 N–H and O–H groups in total. The molecule has 0 saturated carbocycles. The number of fused-ring (bicyclic) bond motifs is 1. The minimum atomic E-state index is 0.507. The quantitative estimate of drug-likeness (QED) is 0.600. The molecule has 2 heterocycles. The average Bonchev–Trinajstić information content (AvgIpc) is 3.00. The number of nitrogens with one attached hydrogen (secondary N) is 1. The minimum absolute atomic E-state index is 0.507. The number of oxazole rings is 1. The zero-order chi connectivity index (χ0) is 15.5. The Morgan fingerprint density at radius 2 is 1.57 bits per heavy atom. The number of hydrogen-bond donors (Lipinski definition) is 1. The zero-order valence-corrected chi connectivity index (χ0v) is 12.4. The van der Waals surface area contributed by atoms with E-state index in [-0.39, 0.29) is 0 Å². The Morgan fingerprint density at radius 1 is 0.826 bits per heavy atom. The van der Waals surface area contributed by atoms with Gasteiger partial charge in [-0.2, -0.15) is 4.98 Å². The third-order valence-electron chi connectivity index (χ3n) is 3.66. The van der Waals surface area contributed by atoms with Crippen molar-refractivity contribution in [2.45, 2.75) is 6.42 Å². The van der Waals surface area contributed by atoms with Crippen molar-refractivity contribution in [2.75, 3.05) is 5.32 Å². The van der Waals surface area contributed by atoms with Crippen molar-refractivity contribution < 1.29 is 4.42 Å². The van der Waals surface area contributed by atoms with Gasteiger partial charge >= 0.3 is 0 Å². The molecule has 0 atom stereocenters. The largest absolute Gasteiger partial charge is 0.423 e. The number of rotatable bonds is 4. The molecule has 112 valence electrons. The van der Waals surface area contributed by atoms with Gasteiger partial charge in [-0.15, -0.1) is 0 Å². The molecule has 0 saturated heterocycles. The zero-order valence-electron chi connectivity index (χ0n) is 12.4. The highest BCUT2D eigenvalue weighted by Gasteiger charge is 2.05. The summed E-state index contributed by atoms with van der Waals surface area (Å²) < 4.78 is 5.67. The SMILES string of the molecule is c1ccc2oc(Nc3ccc(Cc4ccncc4)cc3)nc2c1. The summed E-state index contributed by atoms with van der Waals surface area (Å²) in [5.74, 6) is 0. The number of pyridine rings is 1. The maximum atomic E-state index is 5.67. The van der Waals surface area contributed by atoms with Crippen molar-refractivity contribution in [2.24, 2.45) is 0 Å². The molecule has 0 spiro atoms. The van der Waals surface area contributed by atoms with E-state index in [9.17, 15) is 0 Å². The monoisotopic (exact) mass is 301 g/mol. The van der Waals surface area contributed by atoms with E-state index >= 15 is 0 Å². The van der Waals surface area contributed by atoms with Gasteiger partial charge in [0, 0.05) is 18.1 Å². The van der Waals surface area contributed by atoms with Crippen LogP contribution in [0.5, 0.6) is 0 Å². The molecule has 2 aromatic heterocycles. The summed E-state index contributed by atoms with van der Waals surface area (Å²) in [6, 6.07) is 20.6. The van der Waals surface area contributed by atoms with Crippen LogP contribution in [-0.2, 0) is 6.42 Å². The highest BCUT2D eigenvalue weighted by Crippen LogP contribution is 2.22. The molecule has 2 aromatic carbocycles. The lowest BCUT2D eigenvalue weighted by molar-refractivity contribution is 0.623. The van der Waals surface area contributed by atoms with Crippen molar-refractivity contribution >= 4 is 22.8 Å². The van der Waals surface area contributed by atoms with Crippen LogP contribution < -0.4 is 5.32 Å². The molecule has 0 unspecified atom stereocenters. The highest BCUT2D eigenvalue weighted by atomic mass is 16.4. The van der Waals surface area contributed by atoms with E-state index in [1.165, 1.54) is 11.1 Å². The number of hydrogen-bond acceptors (Lipinski definition) is 4. The van der Waals surface area contributed by atoms with Gasteiger partial charge < -0.3 is 9.73 Å². The Kier molecular flexibility index (Phi) is 3.48. The molecule has 4 rings (SSSR count). The normalized spacial score (nSPS) is 10.8. The predicted molar refractivity (Wildman–Crippen MR) is 90.8 cm³/mol. The summed E-state index contributed by atoms with van der Waals surface area (Å²) in [4.78, 5) is 8.45. The van der Waals surface area contributed by atoms with Gasteiger partial charge in [0.15, 0.2) is 5.58 Å². The van der Waals surface area contributed by atoms with Crippen LogP contribution >= 0.6 is 0 Å². The maximum absolute atomic E-state index is 5.67. The number of aromatic nitrogens is 2. The minimum Gasteiger partial charge on any atom is -0.423 e. The molecule has 0 fully saturated rings. The van der Waals surface area contributed by atoms with Gasteiger partial charge in [0.1, 0.15) is 5.52 Å². The van der Waals surface area contributed by atoms with Gasteiger partial charge in [-0.3, -0.25) is 4.98 Å². The second kappa shape index (κ2) is 5.93. The second-order valence-electron chi connectivity index (χ2n) is 5.34. The third-order valence-corrected chi connectivity index (χ3v) is 3.66. The topological polar surface area (TPSA) is 51.0 Å². The van der Waals surface area contributed by atoms with Crippen molar-refractivity contribution in [3.8, 4) is 0 Å². The molecule has 4 aromatic rings. The highest BCUT2D eigenvalue weighted by molar-refractivity contribution is 5.75. The van der Waals surface area contributed by atoms with Crippen LogP contribution in [0.2, 0.25) is 0 Å². The van der Waals surface area contributed by atoms with Crippen LogP contribution in [-0.4, -0.2) is 9.97 Å². The van der Waals surface area contributed by atoms with Crippen molar-refractivity contribution in [3.63, 3.8) is 0 Å². The Bertz CT molecular complexity index is 881. The Labute approximate surface area is 133 Å². The molecule has 4 heteroatoms. The first-order valence-corrected chi connectivity index (χ1v) is 7.47. The van der Waals surface area contributed by atoms with Crippen LogP contribution in [0.3, 0.4) is 0 Å². The van der Waals surface area contributed by atoms with Crippen LogP contribution in [0.1, 0.15) is 11.1 Å². The standard InChI is InChI=1S/C19H15N3O/c1-2-4-18-17(3-1)22-19(23-18)21-16-7-5-14(6-8-16)13-15-9-11-20-12-10-15/h1-12H,13H2,(H,21,22). The number of para-hydroxylation sites is 2. The van der Waals surface area contributed by atoms with Crippen LogP contribution in [0, 0.1) is 0 Å². The fourth-order valence-electron chi connectivity index (χ4n) is 2.49. The van der Waals surface area contributed by atoms with E-state index in [0.717, 1.165) is 23.2 Å². The molecule has 23 heavy (non-hydrogen) atoms. The van der Waals surface area contributed by atoms with E-state index < -0.39 is 0 Å². The lowest BCUT2D eigenvalue weighted by atomic mass is 10.1. The van der Waals surface area contributed by atoms with Crippen molar-refractivity contribution in [1.29, 1.82) is 0 Å². The molecular weight excluding hydrogens is 286 g/mol. The average molecular weight is 301 g/mol. The second-order valence-corrected chi connectivity index (χ2v) is 5.34. The van der Waals surface area contributed by atoms with Crippen LogP contribution in [0.25, 0.3) is 11.1 Å². The van der Waals surface area contributed by atoms with E-state index in [4.69, 9.17) is 4.42 Å². The van der Waals surface area contributed by atoms with E-state index in [0.29, 0.717) is 6.01 Å². The fraction of sp³-hybridized carbons (Fsp3) is 0.0526. The fourth-order valence-corrected chi connectivity index (χ4v) is 2.49. The van der Waals surface area contributed by atoms with E-state index in [2.05, 4.69) is 27.4 Å². The summed E-state index contributed by atoms with van der Waals surface area (Å²) in [6.07, 6.45) is 4.53. The van der Waals surface area contributed by atoms with Crippen molar-refractivity contribution in [1.82, 2.24) is 9.97 Å². The molecule has 0 aliphatic carbocycles. The lowest BCUT2D eigenvalue weighted by Crippen LogP contribution is -1.92. The van der Waals surface area contributed by atoms with Crippen LogP contribution in [0.4, 0.5) is 11.7 Å². The molecule has 4 nitrogen and oxygen atoms in total. The molecule has 0 radical (unpaired) electrons. The predicted octanol–water partition coefficient (Wildman–Crippen LogP) is 4.56. The lowest BCUT2D eigenvalue weighted by Gasteiger charge is -2.04. The Morgan fingerprint density at radius 3 is 2.35 bits per heavy atom. The Balaban J connectivity index is 1.49. The van der Waals surface area contributed by atoms with Crippen molar-refractivity contribution in [3.05, 3.63) is 84.2 Å². The molecule has 0 aliphatic rings. The Hall–Kier alpha value is -3.14. The summed E-state index contributed by atoms with van der Waals surface area (Å²) in [5.41, 5.74) is 5.09. The number of anilines is 2. The smallest absolute Gasteiger partial charge is 0.300 e. The third kappa shape index (κ3) is 3.06. The molecular formula is C19H15N3O. The first-order valence-electron chi connectivity index (χ1n) is 7.47. The van der Waals surface area contributed by atoms with Crippen LogP contribution in [0.15, 0.2) is 77.5 Å². The first kappa shape index (κ1) is 13.5. The van der Waals surface area contributed by atoms with Gasteiger partial charge in [0.25, 0.3) is 6.01 Å². The summed E-state index contributed by atoms with van der Waals surface area (Å²) in [7, 11) is 0. The number of benzene rings is 2. The van der Waals surface area contributed by atoms with Gasteiger partial charge in [-0.25, -0.2) is 0 Å². The summed E-state index contributed by atoms with van der Waals surface area (Å²) >= 11 is 0. The van der Waals surface area contributed by atoms with Gasteiger partial charge in [0.2, 0.25) is 0 Å². The van der Waals surface area contributed by atoms with Gasteiger partial charge in [-0.05, 0) is 53.9 Å². The summed E-state index contributed by atoms with van der Waals surface area (Å²) in [5, 5.41) is 3.20. The van der Waals surface area contributed by atoms with E-state index in [1.807, 2.05) is 60.9 Å². The maximum Gasteiger partial charge on any atom is 0.300 e. The molecule has 0 amide bonds. The molecule has 0 aliphatic heterocycles. The van der Waals surface area contributed by atoms with Gasteiger partial charge in [0.05, 0.1) is 0 Å². The first-order chi connectivity index (χ1) is 11.4. The molecule has 0 bridgehead atoms. The number of nitrogens with zero attached hydrogens (tertiary/aromatic N) is 2. The van der Waals surface area contributed by atoms with E-state index in [1.54, 1.807) is 0 Å². The summed E-state index contributed by atoms with van der Waals surface area (Å²) in [6.45, 7) is 0. The van der Waals surface area contributed by atoms with Gasteiger partial charge in [-0.1, -0.05) is 24.3 Å².